The van der Waals surface area contributed by atoms with Crippen LogP contribution >= 0.6 is 11.3 Å². The molecule has 8 heteroatoms. The fraction of sp³-hybridized carbons (Fsp3) is 0.500. The Kier molecular flexibility index (Phi) is 5.38. The van der Waals surface area contributed by atoms with Gasteiger partial charge in [0.05, 0.1) is 10.9 Å². The maximum atomic E-state index is 14.0. The SMILES string of the molecule is CC(C)(C)OC(=O)N1[C@H](CF)[C@@H](c2ccc(-c3cnc(N)s3)cc2)OC1(C)C. The lowest BCUT2D eigenvalue weighted by molar-refractivity contribution is -0.0797. The first-order valence-corrected chi connectivity index (χ1v) is 9.91. The van der Waals surface area contributed by atoms with E-state index in [0.29, 0.717) is 5.13 Å². The maximum Gasteiger partial charge on any atom is 0.413 e. The Bertz CT molecular complexity index is 845. The van der Waals surface area contributed by atoms with E-state index in [4.69, 9.17) is 15.2 Å². The number of aromatic nitrogens is 1. The van der Waals surface area contributed by atoms with Crippen molar-refractivity contribution in [2.24, 2.45) is 0 Å². The largest absolute Gasteiger partial charge is 0.444 e. The molecule has 0 saturated carbocycles. The summed E-state index contributed by atoms with van der Waals surface area (Å²) in [6, 6.07) is 6.84. The zero-order valence-corrected chi connectivity index (χ0v) is 17.5. The minimum Gasteiger partial charge on any atom is -0.444 e. The monoisotopic (exact) mass is 407 g/mol. The summed E-state index contributed by atoms with van der Waals surface area (Å²) in [5.41, 5.74) is 5.79. The summed E-state index contributed by atoms with van der Waals surface area (Å²) in [6.07, 6.45) is 0.547. The van der Waals surface area contributed by atoms with Crippen molar-refractivity contribution in [3.63, 3.8) is 0 Å². The van der Waals surface area contributed by atoms with E-state index in [0.717, 1.165) is 16.0 Å². The molecule has 1 aromatic heterocycles. The minimum absolute atomic E-state index is 0.505. The Morgan fingerprint density at radius 3 is 2.50 bits per heavy atom. The molecule has 3 rings (SSSR count). The highest BCUT2D eigenvalue weighted by atomic mass is 32.1. The van der Waals surface area contributed by atoms with Gasteiger partial charge in [-0.3, -0.25) is 4.90 Å². The van der Waals surface area contributed by atoms with Crippen LogP contribution in [0.3, 0.4) is 0 Å². The van der Waals surface area contributed by atoms with E-state index in [1.807, 2.05) is 24.3 Å². The van der Waals surface area contributed by atoms with E-state index in [1.54, 1.807) is 40.8 Å². The van der Waals surface area contributed by atoms with Crippen LogP contribution in [0.1, 0.15) is 46.3 Å². The van der Waals surface area contributed by atoms with Crippen LogP contribution in [0.2, 0.25) is 0 Å². The van der Waals surface area contributed by atoms with Crippen LogP contribution in [0.15, 0.2) is 30.5 Å². The predicted molar refractivity (Wildman–Crippen MR) is 108 cm³/mol. The molecule has 0 spiro atoms. The lowest BCUT2D eigenvalue weighted by Crippen LogP contribution is -2.50. The number of halogens is 1. The van der Waals surface area contributed by atoms with E-state index in [1.165, 1.54) is 16.2 Å². The average molecular weight is 408 g/mol. The molecule has 0 bridgehead atoms. The topological polar surface area (TPSA) is 77.7 Å². The highest BCUT2D eigenvalue weighted by Gasteiger charge is 2.51. The Morgan fingerprint density at radius 1 is 1.36 bits per heavy atom. The number of nitrogens with zero attached hydrogens (tertiary/aromatic N) is 2. The third kappa shape index (κ3) is 4.12. The van der Waals surface area contributed by atoms with E-state index >= 15 is 0 Å². The van der Waals surface area contributed by atoms with E-state index in [2.05, 4.69) is 4.98 Å². The summed E-state index contributed by atoms with van der Waals surface area (Å²) in [7, 11) is 0. The molecule has 2 atom stereocenters. The molecule has 0 radical (unpaired) electrons. The van der Waals surface area contributed by atoms with Crippen molar-refractivity contribution in [3.05, 3.63) is 36.0 Å². The standard InChI is InChI=1S/C20H26FN3O3S/c1-19(2,3)27-18(25)24-14(10-21)16(26-20(24,4)5)13-8-6-12(7-9-13)15-11-23-17(22)28-15/h6-9,11,14,16H,10H2,1-5H3,(H2,22,23)/t14-,16-/m1/s1. The molecule has 1 aromatic carbocycles. The molecule has 152 valence electrons. The fourth-order valence-electron chi connectivity index (χ4n) is 3.35. The van der Waals surface area contributed by atoms with Crippen molar-refractivity contribution in [1.29, 1.82) is 0 Å². The van der Waals surface area contributed by atoms with Gasteiger partial charge in [0.2, 0.25) is 0 Å². The summed E-state index contributed by atoms with van der Waals surface area (Å²) in [6.45, 7) is 8.09. The molecule has 1 saturated heterocycles. The molecule has 0 aliphatic carbocycles. The number of nitrogens with two attached hydrogens (primary N) is 1. The van der Waals surface area contributed by atoms with Gasteiger partial charge in [0.25, 0.3) is 0 Å². The third-order valence-electron chi connectivity index (χ3n) is 4.47. The highest BCUT2D eigenvalue weighted by Crippen LogP contribution is 2.42. The van der Waals surface area contributed by atoms with E-state index < -0.39 is 36.2 Å². The van der Waals surface area contributed by atoms with Crippen LogP contribution in [0.4, 0.5) is 14.3 Å². The molecule has 2 heterocycles. The van der Waals surface area contributed by atoms with Crippen LogP contribution in [0.5, 0.6) is 0 Å². The summed E-state index contributed by atoms with van der Waals surface area (Å²) in [4.78, 5) is 19.1. The van der Waals surface area contributed by atoms with E-state index in [-0.39, 0.29) is 0 Å². The smallest absolute Gasteiger partial charge is 0.413 e. The van der Waals surface area contributed by atoms with Gasteiger partial charge in [0.1, 0.15) is 24.1 Å². The van der Waals surface area contributed by atoms with Crippen molar-refractivity contribution in [1.82, 2.24) is 9.88 Å². The minimum atomic E-state index is -0.992. The van der Waals surface area contributed by atoms with Gasteiger partial charge in [-0.1, -0.05) is 35.6 Å². The third-order valence-corrected chi connectivity index (χ3v) is 5.35. The van der Waals surface area contributed by atoms with Crippen molar-refractivity contribution < 1.29 is 18.7 Å². The van der Waals surface area contributed by atoms with Gasteiger partial charge in [-0.2, -0.15) is 0 Å². The number of carbonyl (C=O) groups excluding carboxylic acids is 1. The first-order chi connectivity index (χ1) is 13.0. The lowest BCUT2D eigenvalue weighted by atomic mass is 10.0. The summed E-state index contributed by atoms with van der Waals surface area (Å²) in [5, 5.41) is 0.505. The number of anilines is 1. The zero-order valence-electron chi connectivity index (χ0n) is 16.7. The summed E-state index contributed by atoms with van der Waals surface area (Å²) in [5.74, 6) is 0. The fourth-order valence-corrected chi connectivity index (χ4v) is 4.04. The van der Waals surface area contributed by atoms with E-state index in [9.17, 15) is 9.18 Å². The molecule has 1 aliphatic rings. The second-order valence-electron chi connectivity index (χ2n) is 8.24. The number of alkyl halides is 1. The van der Waals surface area contributed by atoms with Crippen LogP contribution in [0.25, 0.3) is 10.4 Å². The molecule has 1 amide bonds. The number of nitrogen functional groups attached to an aromatic ring is 1. The number of thiazole rings is 1. The van der Waals surface area contributed by atoms with Gasteiger partial charge < -0.3 is 15.2 Å². The van der Waals surface area contributed by atoms with Crippen LogP contribution in [-0.4, -0.2) is 40.0 Å². The van der Waals surface area contributed by atoms with Gasteiger partial charge in [0, 0.05) is 6.20 Å². The molecule has 1 fully saturated rings. The zero-order chi connectivity index (χ0) is 20.7. The van der Waals surface area contributed by atoms with Crippen LogP contribution in [-0.2, 0) is 9.47 Å². The van der Waals surface area contributed by atoms with Crippen molar-refractivity contribution in [3.8, 4) is 10.4 Å². The Balaban J connectivity index is 1.86. The normalized spacial score (nSPS) is 21.7. The van der Waals surface area contributed by atoms with Gasteiger partial charge in [0.15, 0.2) is 5.13 Å². The van der Waals surface area contributed by atoms with Crippen molar-refractivity contribution in [2.45, 2.75) is 58.1 Å². The number of carbonyl (C=O) groups is 1. The second-order valence-corrected chi connectivity index (χ2v) is 9.30. The molecule has 2 aromatic rings. The molecular formula is C20H26FN3O3S. The summed E-state index contributed by atoms with van der Waals surface area (Å²) < 4.78 is 25.6. The number of hydrogen-bond acceptors (Lipinski definition) is 6. The average Bonchev–Trinajstić information content (AvgIpc) is 3.13. The maximum absolute atomic E-state index is 14.0. The first kappa shape index (κ1) is 20.5. The Hall–Kier alpha value is -2.19. The van der Waals surface area contributed by atoms with Crippen LogP contribution < -0.4 is 5.73 Å². The van der Waals surface area contributed by atoms with Crippen molar-refractivity contribution in [2.75, 3.05) is 12.4 Å². The number of hydrogen-bond donors (Lipinski definition) is 1. The van der Waals surface area contributed by atoms with Gasteiger partial charge in [-0.05, 0) is 45.7 Å². The second kappa shape index (κ2) is 7.33. The van der Waals surface area contributed by atoms with Crippen LogP contribution in [0, 0.1) is 0 Å². The molecular weight excluding hydrogens is 381 g/mol. The summed E-state index contributed by atoms with van der Waals surface area (Å²) >= 11 is 1.40. The Labute approximate surface area is 168 Å². The number of rotatable bonds is 3. The highest BCUT2D eigenvalue weighted by molar-refractivity contribution is 7.18. The molecule has 6 nitrogen and oxygen atoms in total. The molecule has 2 N–H and O–H groups in total. The number of ether oxygens (including phenoxy) is 2. The quantitative estimate of drug-likeness (QED) is 0.793. The number of amides is 1. The van der Waals surface area contributed by atoms with Gasteiger partial charge in [-0.15, -0.1) is 0 Å². The predicted octanol–water partition coefficient (Wildman–Crippen LogP) is 4.77. The first-order valence-electron chi connectivity index (χ1n) is 9.09. The van der Waals surface area contributed by atoms with Crippen molar-refractivity contribution >= 4 is 22.6 Å². The lowest BCUT2D eigenvalue weighted by Gasteiger charge is -2.34. The Morgan fingerprint density at radius 2 is 2.00 bits per heavy atom. The number of benzene rings is 1. The molecule has 1 aliphatic heterocycles. The molecule has 28 heavy (non-hydrogen) atoms. The molecule has 0 unspecified atom stereocenters. The van der Waals surface area contributed by atoms with Gasteiger partial charge in [-0.25, -0.2) is 14.2 Å². The van der Waals surface area contributed by atoms with Gasteiger partial charge >= 0.3 is 6.09 Å².